The van der Waals surface area contributed by atoms with E-state index in [2.05, 4.69) is 19.6 Å². The van der Waals surface area contributed by atoms with Crippen LogP contribution >= 0.6 is 0 Å². The first-order valence-electron chi connectivity index (χ1n) is 4.35. The van der Waals surface area contributed by atoms with Gasteiger partial charge >= 0.3 is 0 Å². The Morgan fingerprint density at radius 2 is 1.77 bits per heavy atom. The van der Waals surface area contributed by atoms with Crippen LogP contribution in [0.5, 0.6) is 0 Å². The first-order valence-corrected chi connectivity index (χ1v) is 9.88. The van der Waals surface area contributed by atoms with E-state index in [-0.39, 0.29) is 11.5 Å². The molecule has 0 saturated carbocycles. The van der Waals surface area contributed by atoms with Crippen molar-refractivity contribution in [2.24, 2.45) is 5.41 Å². The second-order valence-corrected chi connectivity index (χ2v) is 12.8. The number of rotatable bonds is 3. The smallest absolute Gasteiger partial charge is 0.152 e. The summed E-state index contributed by atoms with van der Waals surface area (Å²) in [6, 6.07) is 0.794. The summed E-state index contributed by atoms with van der Waals surface area (Å²) in [7, 11) is -4.22. The van der Waals surface area contributed by atoms with Crippen LogP contribution in [0.1, 0.15) is 0 Å². The van der Waals surface area contributed by atoms with Crippen LogP contribution in [-0.2, 0) is 14.6 Å². The van der Waals surface area contributed by atoms with Gasteiger partial charge in [0, 0.05) is 8.07 Å². The lowest BCUT2D eigenvalue weighted by Gasteiger charge is -2.39. The van der Waals surface area contributed by atoms with Crippen LogP contribution in [0.15, 0.2) is 0 Å². The molecule has 0 unspecified atom stereocenters. The zero-order valence-electron chi connectivity index (χ0n) is 8.33. The highest BCUT2D eigenvalue weighted by atomic mass is 32.2. The number of hydrogen-bond donors (Lipinski definition) is 0. The number of sulfone groups is 1. The van der Waals surface area contributed by atoms with Crippen molar-refractivity contribution in [2.75, 3.05) is 11.5 Å². The molecule has 1 aliphatic heterocycles. The third kappa shape index (κ3) is 2.64. The first-order chi connectivity index (χ1) is 5.68. The van der Waals surface area contributed by atoms with E-state index in [4.69, 9.17) is 0 Å². The van der Waals surface area contributed by atoms with Gasteiger partial charge in [0.15, 0.2) is 9.84 Å². The van der Waals surface area contributed by atoms with Crippen molar-refractivity contribution in [3.8, 4) is 0 Å². The van der Waals surface area contributed by atoms with Crippen molar-refractivity contribution < 1.29 is 13.2 Å². The maximum atomic E-state index is 11.0. The number of aldehydes is 1. The van der Waals surface area contributed by atoms with Gasteiger partial charge in [-0.3, -0.25) is 0 Å². The average Bonchev–Trinajstić information content (AvgIpc) is 1.79. The first kappa shape index (κ1) is 10.9. The minimum Gasteiger partial charge on any atom is -0.303 e. The summed E-state index contributed by atoms with van der Waals surface area (Å²) >= 11 is 0. The molecule has 0 atom stereocenters. The lowest BCUT2D eigenvalue weighted by Crippen LogP contribution is -2.52. The predicted molar refractivity (Wildman–Crippen MR) is 55.3 cm³/mol. The Bertz CT molecular complexity index is 301. The molecule has 1 rings (SSSR count). The van der Waals surface area contributed by atoms with Crippen LogP contribution in [-0.4, -0.2) is 34.3 Å². The van der Waals surface area contributed by atoms with Gasteiger partial charge in [0.1, 0.15) is 6.29 Å². The fraction of sp³-hybridized carbons (Fsp3) is 0.875. The van der Waals surface area contributed by atoms with Crippen LogP contribution < -0.4 is 0 Å². The summed E-state index contributed by atoms with van der Waals surface area (Å²) in [5, 5.41) is 0. The zero-order chi connectivity index (χ0) is 10.3. The average molecular weight is 220 g/mol. The molecule has 0 N–H and O–H groups in total. The monoisotopic (exact) mass is 220 g/mol. The molecule has 0 radical (unpaired) electrons. The molecule has 1 aliphatic rings. The van der Waals surface area contributed by atoms with Crippen LogP contribution in [0, 0.1) is 5.41 Å². The molecule has 1 fully saturated rings. The molecule has 13 heavy (non-hydrogen) atoms. The summed E-state index contributed by atoms with van der Waals surface area (Å²) in [4.78, 5) is 10.8. The molecule has 0 amide bonds. The van der Waals surface area contributed by atoms with Crippen molar-refractivity contribution >= 4 is 24.2 Å². The van der Waals surface area contributed by atoms with E-state index < -0.39 is 23.3 Å². The summed E-state index contributed by atoms with van der Waals surface area (Å²) in [6.07, 6.45) is 0.853. The van der Waals surface area contributed by atoms with Crippen LogP contribution in [0.2, 0.25) is 25.7 Å². The Morgan fingerprint density at radius 3 is 2.00 bits per heavy atom. The molecule has 76 valence electrons. The number of hydrogen-bond acceptors (Lipinski definition) is 3. The highest BCUT2D eigenvalue weighted by Gasteiger charge is 2.50. The lowest BCUT2D eigenvalue weighted by atomic mass is 9.97. The van der Waals surface area contributed by atoms with Gasteiger partial charge in [-0.25, -0.2) is 8.42 Å². The number of carbonyl (C=O) groups excluding carboxylic acids is 1. The summed E-state index contributed by atoms with van der Waals surface area (Å²) in [5.74, 6) is 0.154. The zero-order valence-corrected chi connectivity index (χ0v) is 10.1. The van der Waals surface area contributed by atoms with Crippen LogP contribution in [0.25, 0.3) is 0 Å². The molecule has 0 aromatic rings. The molecular weight excluding hydrogens is 204 g/mol. The molecule has 5 heteroatoms. The Balaban J connectivity index is 2.72. The minimum atomic E-state index is -2.88. The van der Waals surface area contributed by atoms with Crippen LogP contribution in [0.4, 0.5) is 0 Å². The number of carbonyl (C=O) groups is 1. The SMILES string of the molecule is C[Si](C)(C)CC1(C=O)CS(=O)(=O)C1. The van der Waals surface area contributed by atoms with Crippen molar-refractivity contribution in [1.82, 2.24) is 0 Å². The van der Waals surface area contributed by atoms with E-state index in [0.717, 1.165) is 12.3 Å². The van der Waals surface area contributed by atoms with Gasteiger partial charge in [-0.1, -0.05) is 19.6 Å². The molecule has 1 heterocycles. The van der Waals surface area contributed by atoms with Gasteiger partial charge in [0.05, 0.1) is 16.9 Å². The van der Waals surface area contributed by atoms with E-state index in [1.165, 1.54) is 0 Å². The maximum Gasteiger partial charge on any atom is 0.152 e. The fourth-order valence-electron chi connectivity index (χ4n) is 2.10. The second-order valence-electron chi connectivity index (χ2n) is 5.25. The molecule has 1 saturated heterocycles. The van der Waals surface area contributed by atoms with E-state index in [9.17, 15) is 13.2 Å². The van der Waals surface area contributed by atoms with Gasteiger partial charge in [-0.05, 0) is 6.04 Å². The molecule has 0 aliphatic carbocycles. The van der Waals surface area contributed by atoms with Gasteiger partial charge in [0.25, 0.3) is 0 Å². The Hall–Kier alpha value is -0.163. The molecule has 0 bridgehead atoms. The fourth-order valence-corrected chi connectivity index (χ4v) is 6.92. The quantitative estimate of drug-likeness (QED) is 0.525. The van der Waals surface area contributed by atoms with Crippen LogP contribution in [0.3, 0.4) is 0 Å². The molecule has 0 aromatic heterocycles. The van der Waals surface area contributed by atoms with E-state index in [1.54, 1.807) is 0 Å². The van der Waals surface area contributed by atoms with E-state index in [1.807, 2.05) is 0 Å². The van der Waals surface area contributed by atoms with Crippen molar-refractivity contribution in [3.63, 3.8) is 0 Å². The van der Waals surface area contributed by atoms with Gasteiger partial charge in [-0.15, -0.1) is 0 Å². The lowest BCUT2D eigenvalue weighted by molar-refractivity contribution is -0.114. The largest absolute Gasteiger partial charge is 0.303 e. The van der Waals surface area contributed by atoms with Gasteiger partial charge in [-0.2, -0.15) is 0 Å². The Labute approximate surface area is 80.5 Å². The normalized spacial score (nSPS) is 24.8. The van der Waals surface area contributed by atoms with E-state index >= 15 is 0 Å². The second kappa shape index (κ2) is 2.92. The summed E-state index contributed by atoms with van der Waals surface area (Å²) < 4.78 is 22.0. The molecule has 3 nitrogen and oxygen atoms in total. The van der Waals surface area contributed by atoms with Crippen molar-refractivity contribution in [2.45, 2.75) is 25.7 Å². The summed E-state index contributed by atoms with van der Waals surface area (Å²) in [6.45, 7) is 6.47. The molecule has 0 spiro atoms. The Kier molecular flexibility index (Phi) is 2.45. The minimum absolute atomic E-state index is 0.0772. The predicted octanol–water partition coefficient (Wildman–Crippen LogP) is 0.938. The van der Waals surface area contributed by atoms with Gasteiger partial charge < -0.3 is 4.79 Å². The third-order valence-corrected chi connectivity index (χ3v) is 5.94. The van der Waals surface area contributed by atoms with Crippen molar-refractivity contribution in [1.29, 1.82) is 0 Å². The third-order valence-electron chi connectivity index (χ3n) is 2.15. The standard InChI is InChI=1S/C8H16O3SSi/c1-13(2,3)7-8(4-9)5-12(10,11)6-8/h4H,5-7H2,1-3H3. The topological polar surface area (TPSA) is 51.2 Å². The highest BCUT2D eigenvalue weighted by molar-refractivity contribution is 7.93. The highest BCUT2D eigenvalue weighted by Crippen LogP contribution is 2.38. The van der Waals surface area contributed by atoms with Crippen molar-refractivity contribution in [3.05, 3.63) is 0 Å². The Morgan fingerprint density at radius 1 is 1.31 bits per heavy atom. The maximum absolute atomic E-state index is 11.0. The summed E-state index contributed by atoms with van der Waals surface area (Å²) in [5.41, 5.74) is -0.524. The van der Waals surface area contributed by atoms with Gasteiger partial charge in [0.2, 0.25) is 0 Å². The molecular formula is C8H16O3SSi. The molecule has 0 aromatic carbocycles. The van der Waals surface area contributed by atoms with E-state index in [0.29, 0.717) is 0 Å².